The summed E-state index contributed by atoms with van der Waals surface area (Å²) in [5.41, 5.74) is 0. The average Bonchev–Trinajstić information content (AvgIpc) is 2.84. The lowest BCUT2D eigenvalue weighted by Crippen LogP contribution is -2.41. The van der Waals surface area contributed by atoms with E-state index in [2.05, 4.69) is 10.6 Å². The summed E-state index contributed by atoms with van der Waals surface area (Å²) < 4.78 is 4.94. The highest BCUT2D eigenvalue weighted by molar-refractivity contribution is 5.81. The molecule has 0 radical (unpaired) electrons. The molecule has 0 heterocycles. The number of carbonyl (C=O) groups excluding carboxylic acids is 2. The second-order valence-corrected chi connectivity index (χ2v) is 7.03. The molecule has 2 fully saturated rings. The van der Waals surface area contributed by atoms with Crippen molar-refractivity contribution in [1.82, 2.24) is 10.6 Å². The molecule has 0 atom stereocenters. The molecule has 0 aromatic rings. The molecule has 5 nitrogen and oxygen atoms in total. The van der Waals surface area contributed by atoms with Gasteiger partial charge in [-0.25, -0.2) is 0 Å². The molecule has 0 unspecified atom stereocenters. The van der Waals surface area contributed by atoms with Gasteiger partial charge in [-0.1, -0.05) is 25.7 Å². The molecule has 0 aromatic carbocycles. The summed E-state index contributed by atoms with van der Waals surface area (Å²) in [6.07, 6.45) is 10.6. The molecule has 132 valence electrons. The van der Waals surface area contributed by atoms with Crippen LogP contribution in [-0.2, 0) is 14.3 Å². The summed E-state index contributed by atoms with van der Waals surface area (Å²) in [6, 6.07) is 0.375. The third kappa shape index (κ3) is 6.13. The first-order valence-electron chi connectivity index (χ1n) is 9.27. The number of amides is 2. The van der Waals surface area contributed by atoms with Gasteiger partial charge in [-0.3, -0.25) is 9.59 Å². The predicted molar refractivity (Wildman–Crippen MR) is 90.0 cm³/mol. The van der Waals surface area contributed by atoms with E-state index in [-0.39, 0.29) is 23.7 Å². The molecule has 2 rings (SSSR count). The maximum absolute atomic E-state index is 12.4. The summed E-state index contributed by atoms with van der Waals surface area (Å²) in [6.45, 7) is 1.11. The quantitative estimate of drug-likeness (QED) is 0.582. The van der Waals surface area contributed by atoms with E-state index < -0.39 is 0 Å². The largest absolute Gasteiger partial charge is 0.383 e. The van der Waals surface area contributed by atoms with Gasteiger partial charge in [-0.15, -0.1) is 0 Å². The summed E-state index contributed by atoms with van der Waals surface area (Å²) in [5.74, 6) is 0.495. The van der Waals surface area contributed by atoms with Crippen molar-refractivity contribution in [3.05, 3.63) is 0 Å². The molecular formula is C18H32N2O3. The Labute approximate surface area is 139 Å². The molecule has 0 spiro atoms. The minimum atomic E-state index is 0.0637. The number of rotatable bonds is 6. The van der Waals surface area contributed by atoms with Gasteiger partial charge in [0.15, 0.2) is 0 Å². The van der Waals surface area contributed by atoms with E-state index in [4.69, 9.17) is 4.74 Å². The first-order valence-corrected chi connectivity index (χ1v) is 9.27. The minimum Gasteiger partial charge on any atom is -0.383 e. The van der Waals surface area contributed by atoms with E-state index in [1.165, 1.54) is 25.7 Å². The zero-order valence-electron chi connectivity index (χ0n) is 14.4. The fourth-order valence-corrected chi connectivity index (χ4v) is 3.78. The number of hydrogen-bond donors (Lipinski definition) is 2. The molecule has 23 heavy (non-hydrogen) atoms. The first-order chi connectivity index (χ1) is 11.2. The van der Waals surface area contributed by atoms with Crippen LogP contribution in [0.15, 0.2) is 0 Å². The van der Waals surface area contributed by atoms with Gasteiger partial charge >= 0.3 is 0 Å². The average molecular weight is 324 g/mol. The highest BCUT2D eigenvalue weighted by Gasteiger charge is 2.30. The van der Waals surface area contributed by atoms with Crippen molar-refractivity contribution < 1.29 is 14.3 Å². The normalized spacial score (nSPS) is 26.3. The summed E-state index contributed by atoms with van der Waals surface area (Å²) in [7, 11) is 1.63. The third-order valence-corrected chi connectivity index (χ3v) is 5.28. The third-order valence-electron chi connectivity index (χ3n) is 5.28. The number of ether oxygens (including phenoxy) is 1. The van der Waals surface area contributed by atoms with Crippen molar-refractivity contribution in [3.8, 4) is 0 Å². The highest BCUT2D eigenvalue weighted by atomic mass is 16.5. The minimum absolute atomic E-state index is 0.0637. The van der Waals surface area contributed by atoms with E-state index in [1.54, 1.807) is 7.11 Å². The van der Waals surface area contributed by atoms with Gasteiger partial charge in [-0.05, 0) is 38.5 Å². The van der Waals surface area contributed by atoms with Crippen LogP contribution in [-0.4, -0.2) is 38.1 Å². The lowest BCUT2D eigenvalue weighted by molar-refractivity contribution is -0.131. The Balaban J connectivity index is 1.68. The molecule has 2 aliphatic rings. The van der Waals surface area contributed by atoms with Crippen molar-refractivity contribution in [2.75, 3.05) is 20.3 Å². The monoisotopic (exact) mass is 324 g/mol. The lowest BCUT2D eigenvalue weighted by Gasteiger charge is -2.28. The predicted octanol–water partition coefficient (Wildman–Crippen LogP) is 2.39. The summed E-state index contributed by atoms with van der Waals surface area (Å²) in [4.78, 5) is 24.5. The van der Waals surface area contributed by atoms with E-state index in [1.807, 2.05) is 0 Å². The standard InChI is InChI=1S/C18H32N2O3/c1-23-13-12-19-17(21)14-8-10-15(11-9-14)18(22)20-16-6-4-2-3-5-7-16/h14-16H,2-13H2,1H3,(H,19,21)(H,20,22). The van der Waals surface area contributed by atoms with Crippen molar-refractivity contribution in [2.45, 2.75) is 70.3 Å². The van der Waals surface area contributed by atoms with Gasteiger partial charge in [0.25, 0.3) is 0 Å². The molecule has 2 N–H and O–H groups in total. The summed E-state index contributed by atoms with van der Waals surface area (Å²) in [5, 5.41) is 6.16. The number of carbonyl (C=O) groups is 2. The van der Waals surface area contributed by atoms with Crippen LogP contribution in [0.5, 0.6) is 0 Å². The molecular weight excluding hydrogens is 292 g/mol. The van der Waals surface area contributed by atoms with Crippen molar-refractivity contribution in [1.29, 1.82) is 0 Å². The zero-order valence-corrected chi connectivity index (χ0v) is 14.4. The first kappa shape index (κ1) is 18.2. The van der Waals surface area contributed by atoms with Gasteiger partial charge in [0.05, 0.1) is 6.61 Å². The van der Waals surface area contributed by atoms with Gasteiger partial charge in [-0.2, -0.15) is 0 Å². The zero-order chi connectivity index (χ0) is 16.5. The number of nitrogens with one attached hydrogen (secondary N) is 2. The van der Waals surface area contributed by atoms with Crippen LogP contribution in [0.3, 0.4) is 0 Å². The Morgan fingerprint density at radius 2 is 1.43 bits per heavy atom. The highest BCUT2D eigenvalue weighted by Crippen LogP contribution is 2.29. The molecule has 2 saturated carbocycles. The second kappa shape index (κ2) is 9.91. The number of methoxy groups -OCH3 is 1. The van der Waals surface area contributed by atoms with E-state index >= 15 is 0 Å². The molecule has 0 saturated heterocycles. The van der Waals surface area contributed by atoms with Crippen molar-refractivity contribution in [3.63, 3.8) is 0 Å². The smallest absolute Gasteiger partial charge is 0.223 e. The number of hydrogen-bond acceptors (Lipinski definition) is 3. The van der Waals surface area contributed by atoms with Crippen LogP contribution in [0.2, 0.25) is 0 Å². The fraction of sp³-hybridized carbons (Fsp3) is 0.889. The van der Waals surface area contributed by atoms with E-state index in [9.17, 15) is 9.59 Å². The van der Waals surface area contributed by atoms with Crippen LogP contribution in [0, 0.1) is 11.8 Å². The Bertz CT molecular complexity index is 370. The maximum atomic E-state index is 12.4. The van der Waals surface area contributed by atoms with Gasteiger partial charge in [0.2, 0.25) is 11.8 Å². The Hall–Kier alpha value is -1.10. The Morgan fingerprint density at radius 1 is 0.870 bits per heavy atom. The fourth-order valence-electron chi connectivity index (χ4n) is 3.78. The molecule has 2 aliphatic carbocycles. The molecule has 0 aliphatic heterocycles. The summed E-state index contributed by atoms with van der Waals surface area (Å²) >= 11 is 0. The lowest BCUT2D eigenvalue weighted by atomic mass is 9.81. The Morgan fingerprint density at radius 3 is 2.00 bits per heavy atom. The van der Waals surface area contributed by atoms with Gasteiger partial charge < -0.3 is 15.4 Å². The topological polar surface area (TPSA) is 67.4 Å². The van der Waals surface area contributed by atoms with Crippen molar-refractivity contribution >= 4 is 11.8 Å². The van der Waals surface area contributed by atoms with Gasteiger partial charge in [0.1, 0.15) is 0 Å². The van der Waals surface area contributed by atoms with Crippen LogP contribution >= 0.6 is 0 Å². The van der Waals surface area contributed by atoms with E-state index in [0.29, 0.717) is 19.2 Å². The van der Waals surface area contributed by atoms with Crippen LogP contribution in [0.4, 0.5) is 0 Å². The Kier molecular flexibility index (Phi) is 7.86. The molecule has 0 aromatic heterocycles. The molecule has 0 bridgehead atoms. The maximum Gasteiger partial charge on any atom is 0.223 e. The van der Waals surface area contributed by atoms with E-state index in [0.717, 1.165) is 38.5 Å². The van der Waals surface area contributed by atoms with Crippen LogP contribution in [0.1, 0.15) is 64.2 Å². The molecule has 2 amide bonds. The van der Waals surface area contributed by atoms with Crippen LogP contribution in [0.25, 0.3) is 0 Å². The SMILES string of the molecule is COCCNC(=O)C1CCC(C(=O)NC2CCCCCC2)CC1. The second-order valence-electron chi connectivity index (χ2n) is 7.03. The van der Waals surface area contributed by atoms with Crippen LogP contribution < -0.4 is 10.6 Å². The van der Waals surface area contributed by atoms with Crippen molar-refractivity contribution in [2.24, 2.45) is 11.8 Å². The molecule has 5 heteroatoms. The van der Waals surface area contributed by atoms with Gasteiger partial charge in [0, 0.05) is 31.5 Å².